The Balaban J connectivity index is 1.82. The standard InChI is InChI=1S/C25H15N3O3/c29-17-10-11-9-16(17)28-15-8-4-2-6-13(15)19-21-20(24(30)26-25(21)31)18-12-5-1-3-7-14(12)27(11)22(18)23(19)28/h1-8,11,16H,9-10H2,(H,26,30,31). The van der Waals surface area contributed by atoms with Crippen LogP contribution in [0.5, 0.6) is 0 Å². The molecule has 2 aromatic heterocycles. The van der Waals surface area contributed by atoms with Crippen molar-refractivity contribution in [2.24, 2.45) is 0 Å². The molecule has 8 rings (SSSR count). The second-order valence-electron chi connectivity index (χ2n) is 8.83. The van der Waals surface area contributed by atoms with E-state index < -0.39 is 0 Å². The molecule has 4 heterocycles. The summed E-state index contributed by atoms with van der Waals surface area (Å²) in [7, 11) is 0. The molecule has 2 aliphatic heterocycles. The van der Waals surface area contributed by atoms with Gasteiger partial charge in [0.15, 0.2) is 5.78 Å². The molecule has 2 bridgehead atoms. The van der Waals surface area contributed by atoms with Gasteiger partial charge in [0.2, 0.25) is 0 Å². The average Bonchev–Trinajstić information content (AvgIpc) is 3.45. The van der Waals surface area contributed by atoms with Crippen LogP contribution in [0, 0.1) is 0 Å². The van der Waals surface area contributed by atoms with Gasteiger partial charge in [-0.2, -0.15) is 0 Å². The lowest BCUT2D eigenvalue weighted by atomic mass is 9.96. The summed E-state index contributed by atoms with van der Waals surface area (Å²) in [4.78, 5) is 39.2. The van der Waals surface area contributed by atoms with Crippen LogP contribution < -0.4 is 5.32 Å². The predicted octanol–water partition coefficient (Wildman–Crippen LogP) is 4.24. The van der Waals surface area contributed by atoms with Gasteiger partial charge in [0.05, 0.1) is 28.2 Å². The highest BCUT2D eigenvalue weighted by molar-refractivity contribution is 6.39. The highest BCUT2D eigenvalue weighted by atomic mass is 16.2. The van der Waals surface area contributed by atoms with Crippen molar-refractivity contribution in [2.75, 3.05) is 0 Å². The quantitative estimate of drug-likeness (QED) is 0.392. The van der Waals surface area contributed by atoms with Crippen molar-refractivity contribution >= 4 is 61.2 Å². The topological polar surface area (TPSA) is 73.1 Å². The second kappa shape index (κ2) is 4.86. The van der Waals surface area contributed by atoms with Gasteiger partial charge < -0.3 is 9.13 Å². The van der Waals surface area contributed by atoms with Gasteiger partial charge in [0.25, 0.3) is 11.8 Å². The van der Waals surface area contributed by atoms with Crippen molar-refractivity contribution in [1.82, 2.24) is 14.5 Å². The zero-order chi connectivity index (χ0) is 20.6. The molecule has 0 radical (unpaired) electrons. The normalized spacial score (nSPS) is 21.7. The summed E-state index contributed by atoms with van der Waals surface area (Å²) in [5, 5.41) is 6.01. The number of nitrogens with one attached hydrogen (secondary N) is 1. The molecule has 6 heteroatoms. The molecule has 3 aliphatic rings. The third-order valence-electron chi connectivity index (χ3n) is 7.46. The lowest BCUT2D eigenvalue weighted by molar-refractivity contribution is -0.120. The largest absolute Gasteiger partial charge is 0.335 e. The van der Waals surface area contributed by atoms with E-state index in [2.05, 4.69) is 20.5 Å². The maximum absolute atomic E-state index is 13.2. The third kappa shape index (κ3) is 1.57. The molecule has 6 nitrogen and oxygen atoms in total. The molecule has 1 N–H and O–H groups in total. The number of carbonyl (C=O) groups excluding carboxylic acids is 3. The van der Waals surface area contributed by atoms with Gasteiger partial charge in [-0.25, -0.2) is 0 Å². The SMILES string of the molecule is O=C1NC(=O)c2c1c1c3ccccc3n3c1c1c2c2ccccc2n1C1CC3CC1=O. The maximum atomic E-state index is 13.2. The molecule has 31 heavy (non-hydrogen) atoms. The van der Waals surface area contributed by atoms with Crippen LogP contribution in [0.2, 0.25) is 0 Å². The predicted molar refractivity (Wildman–Crippen MR) is 117 cm³/mol. The van der Waals surface area contributed by atoms with Gasteiger partial charge >= 0.3 is 0 Å². The Labute approximate surface area is 175 Å². The van der Waals surface area contributed by atoms with Gasteiger partial charge in [-0.1, -0.05) is 36.4 Å². The van der Waals surface area contributed by atoms with E-state index in [4.69, 9.17) is 0 Å². The second-order valence-corrected chi connectivity index (χ2v) is 8.83. The Bertz CT molecular complexity index is 1740. The Hall–Kier alpha value is -3.93. The number of benzene rings is 3. The van der Waals surface area contributed by atoms with Gasteiger partial charge in [0, 0.05) is 45.0 Å². The number of imide groups is 1. The zero-order valence-electron chi connectivity index (χ0n) is 16.3. The number of hydrogen-bond acceptors (Lipinski definition) is 3. The smallest absolute Gasteiger partial charge is 0.259 e. The van der Waals surface area contributed by atoms with Crippen LogP contribution in [0.4, 0.5) is 0 Å². The van der Waals surface area contributed by atoms with Crippen LogP contribution in [0.15, 0.2) is 48.5 Å². The van der Waals surface area contributed by atoms with Crippen molar-refractivity contribution < 1.29 is 14.4 Å². The minimum atomic E-state index is -0.359. The summed E-state index contributed by atoms with van der Waals surface area (Å²) >= 11 is 0. The number of carbonyl (C=O) groups is 3. The third-order valence-corrected chi connectivity index (χ3v) is 7.46. The Morgan fingerprint density at radius 3 is 1.94 bits per heavy atom. The van der Waals surface area contributed by atoms with E-state index in [9.17, 15) is 14.4 Å². The number of amides is 2. The fourth-order valence-corrected chi connectivity index (χ4v) is 6.42. The molecular weight excluding hydrogens is 390 g/mol. The van der Waals surface area contributed by atoms with E-state index in [0.717, 1.165) is 50.0 Å². The van der Waals surface area contributed by atoms with Crippen molar-refractivity contribution in [1.29, 1.82) is 0 Å². The molecule has 2 amide bonds. The van der Waals surface area contributed by atoms with Crippen molar-refractivity contribution in [3.63, 3.8) is 0 Å². The number of ketones is 1. The lowest BCUT2D eigenvalue weighted by Crippen LogP contribution is -2.20. The molecule has 3 aromatic carbocycles. The van der Waals surface area contributed by atoms with Crippen LogP contribution >= 0.6 is 0 Å². The van der Waals surface area contributed by atoms with Gasteiger partial charge in [-0.05, 0) is 18.6 Å². The summed E-state index contributed by atoms with van der Waals surface area (Å²) in [5.41, 5.74) is 4.73. The van der Waals surface area contributed by atoms with Gasteiger partial charge in [-0.3, -0.25) is 19.7 Å². The number of para-hydroxylation sites is 2. The lowest BCUT2D eigenvalue weighted by Gasteiger charge is -2.15. The first kappa shape index (κ1) is 15.8. The van der Waals surface area contributed by atoms with Crippen LogP contribution in [0.1, 0.15) is 45.6 Å². The van der Waals surface area contributed by atoms with E-state index in [-0.39, 0.29) is 29.7 Å². The van der Waals surface area contributed by atoms with E-state index in [1.165, 1.54) is 0 Å². The molecule has 5 aromatic rings. The molecule has 0 saturated heterocycles. The van der Waals surface area contributed by atoms with E-state index in [1.807, 2.05) is 42.5 Å². The fourth-order valence-electron chi connectivity index (χ4n) is 6.42. The molecule has 1 saturated carbocycles. The zero-order valence-corrected chi connectivity index (χ0v) is 16.3. The van der Waals surface area contributed by atoms with Gasteiger partial charge in [-0.15, -0.1) is 0 Å². The summed E-state index contributed by atoms with van der Waals surface area (Å²) in [6.07, 6.45) is 1.20. The highest BCUT2D eigenvalue weighted by Crippen LogP contribution is 2.52. The number of hydrogen-bond donors (Lipinski definition) is 1. The van der Waals surface area contributed by atoms with Crippen LogP contribution in [-0.4, -0.2) is 26.7 Å². The molecule has 148 valence electrons. The van der Waals surface area contributed by atoms with Crippen molar-refractivity contribution in [2.45, 2.75) is 24.9 Å². The van der Waals surface area contributed by atoms with E-state index in [0.29, 0.717) is 17.5 Å². The van der Waals surface area contributed by atoms with Crippen molar-refractivity contribution in [3.8, 4) is 0 Å². The minimum Gasteiger partial charge on any atom is -0.335 e. The van der Waals surface area contributed by atoms with Gasteiger partial charge in [0.1, 0.15) is 0 Å². The maximum Gasteiger partial charge on any atom is 0.259 e. The molecule has 1 aliphatic carbocycles. The Morgan fingerprint density at radius 1 is 0.742 bits per heavy atom. The summed E-state index contributed by atoms with van der Waals surface area (Å²) in [5.74, 6) is -0.472. The monoisotopic (exact) mass is 405 g/mol. The Morgan fingerprint density at radius 2 is 1.29 bits per heavy atom. The first-order valence-corrected chi connectivity index (χ1v) is 10.5. The summed E-state index contributed by atoms with van der Waals surface area (Å²) in [6.45, 7) is 0. The molecule has 0 spiro atoms. The summed E-state index contributed by atoms with van der Waals surface area (Å²) < 4.78 is 4.41. The first-order chi connectivity index (χ1) is 15.1. The van der Waals surface area contributed by atoms with Crippen LogP contribution in [-0.2, 0) is 4.79 Å². The number of fused-ring (bicyclic) bond motifs is 13. The number of rotatable bonds is 0. The first-order valence-electron chi connectivity index (χ1n) is 10.5. The molecule has 1 fully saturated rings. The summed E-state index contributed by atoms with van der Waals surface area (Å²) in [6, 6.07) is 15.7. The molecule has 2 unspecified atom stereocenters. The Kier molecular flexibility index (Phi) is 2.48. The average molecular weight is 405 g/mol. The van der Waals surface area contributed by atoms with E-state index >= 15 is 0 Å². The molecular formula is C25H15N3O3. The van der Waals surface area contributed by atoms with E-state index in [1.54, 1.807) is 0 Å². The number of Topliss-reactive ketones (excluding diaryl/α,β-unsaturated/α-hetero) is 1. The minimum absolute atomic E-state index is 0.0416. The number of aromatic nitrogens is 2. The highest BCUT2D eigenvalue weighted by Gasteiger charge is 2.44. The van der Waals surface area contributed by atoms with Crippen LogP contribution in [0.25, 0.3) is 43.6 Å². The number of nitrogens with zero attached hydrogens (tertiary/aromatic N) is 2. The van der Waals surface area contributed by atoms with Crippen molar-refractivity contribution in [3.05, 3.63) is 59.7 Å². The van der Waals surface area contributed by atoms with Crippen LogP contribution in [0.3, 0.4) is 0 Å². The fraction of sp³-hybridized carbons (Fsp3) is 0.160. The molecule has 2 atom stereocenters.